The summed E-state index contributed by atoms with van der Waals surface area (Å²) in [5.74, 6) is 0.263. The fraction of sp³-hybridized carbons (Fsp3) is 0.0909. The fourth-order valence-electron chi connectivity index (χ4n) is 4.96. The molecule has 5 aromatic rings. The molecule has 1 aromatic heterocycles. The summed E-state index contributed by atoms with van der Waals surface area (Å²) in [5.41, 5.74) is 8.83. The Balaban J connectivity index is 1.29. The van der Waals surface area contributed by atoms with Crippen LogP contribution in [-0.4, -0.2) is 13.1 Å². The summed E-state index contributed by atoms with van der Waals surface area (Å²) in [7, 11) is 1.55. The molecule has 0 saturated heterocycles. The van der Waals surface area contributed by atoms with Gasteiger partial charge < -0.3 is 24.7 Å². The van der Waals surface area contributed by atoms with Crippen molar-refractivity contribution in [1.82, 2.24) is 0 Å². The van der Waals surface area contributed by atoms with Gasteiger partial charge in [-0.05, 0) is 41.5 Å². The average Bonchev–Trinajstić information content (AvgIpc) is 3.35. The Labute approximate surface area is 271 Å². The second-order valence-corrected chi connectivity index (χ2v) is 12.0. The summed E-state index contributed by atoms with van der Waals surface area (Å²) in [6.07, 6.45) is 0. The van der Waals surface area contributed by atoms with Gasteiger partial charge in [0.05, 0.1) is 23.1 Å². The first-order valence-electron chi connectivity index (χ1n) is 13.1. The van der Waals surface area contributed by atoms with Crippen molar-refractivity contribution in [3.63, 3.8) is 0 Å². The van der Waals surface area contributed by atoms with Crippen molar-refractivity contribution in [2.24, 2.45) is 5.73 Å². The molecule has 0 bridgehead atoms. The molecule has 1 aliphatic heterocycles. The Kier molecular flexibility index (Phi) is 8.30. The number of hydrogen-bond acceptors (Lipinski definition) is 8. The maximum atomic E-state index is 13.1. The van der Waals surface area contributed by atoms with E-state index in [-0.39, 0.29) is 27.1 Å². The molecule has 0 spiro atoms. The second-order valence-electron chi connectivity index (χ2n) is 9.70. The molecule has 1 atom stereocenters. The predicted octanol–water partition coefficient (Wildman–Crippen LogP) is 8.89. The van der Waals surface area contributed by atoms with Crippen LogP contribution < -0.4 is 24.7 Å². The van der Waals surface area contributed by atoms with Gasteiger partial charge in [-0.3, -0.25) is 0 Å². The van der Waals surface area contributed by atoms with E-state index < -0.39 is 11.9 Å². The minimum atomic E-state index is -0.673. The lowest BCUT2D eigenvalue weighted by Crippen LogP contribution is -2.21. The van der Waals surface area contributed by atoms with Crippen LogP contribution in [0.1, 0.15) is 32.3 Å². The first kappa shape index (κ1) is 29.7. The van der Waals surface area contributed by atoms with Gasteiger partial charge in [0.25, 0.3) is 0 Å². The highest BCUT2D eigenvalue weighted by molar-refractivity contribution is 7.21. The van der Waals surface area contributed by atoms with E-state index >= 15 is 0 Å². The number of fused-ring (bicyclic) bond motifs is 2. The first-order valence-corrected chi connectivity index (χ1v) is 15.1. The summed E-state index contributed by atoms with van der Waals surface area (Å²) in [5, 5.41) is 11.5. The van der Waals surface area contributed by atoms with E-state index in [9.17, 15) is 10.1 Å². The zero-order valence-electron chi connectivity index (χ0n) is 22.9. The maximum Gasteiger partial charge on any atom is 0.355 e. The SMILES string of the molecule is COc1cc(C2C(C#N)=C(N)Oc3cc(OC(=O)c4sc5cc(Cl)cc(Cl)c5c4Cl)ccc32)ccc1OCc1ccccc1. The molecular weight excluding hydrogens is 643 g/mol. The molecule has 1 aliphatic rings. The van der Waals surface area contributed by atoms with E-state index in [0.29, 0.717) is 49.6 Å². The Bertz CT molecular complexity index is 2000. The van der Waals surface area contributed by atoms with Crippen molar-refractivity contribution < 1.29 is 23.7 Å². The highest BCUT2D eigenvalue weighted by Gasteiger charge is 2.32. The number of nitrogens with zero attached hydrogens (tertiary/aromatic N) is 1. The molecule has 220 valence electrons. The van der Waals surface area contributed by atoms with Gasteiger partial charge in [0.2, 0.25) is 5.88 Å². The number of nitriles is 1. The van der Waals surface area contributed by atoms with Crippen LogP contribution >= 0.6 is 46.1 Å². The largest absolute Gasteiger partial charge is 0.493 e. The quantitative estimate of drug-likeness (QED) is 0.137. The van der Waals surface area contributed by atoms with Crippen LogP contribution in [0.5, 0.6) is 23.0 Å². The number of nitrogens with two attached hydrogens (primary N) is 1. The van der Waals surface area contributed by atoms with Gasteiger partial charge in [0, 0.05) is 26.7 Å². The van der Waals surface area contributed by atoms with Crippen molar-refractivity contribution in [2.45, 2.75) is 12.5 Å². The van der Waals surface area contributed by atoms with Crippen LogP contribution in [-0.2, 0) is 6.61 Å². The lowest BCUT2D eigenvalue weighted by molar-refractivity contribution is 0.0740. The number of hydrogen-bond donors (Lipinski definition) is 1. The average molecular weight is 664 g/mol. The molecule has 2 heterocycles. The summed E-state index contributed by atoms with van der Waals surface area (Å²) >= 11 is 20.1. The number of thiophene rings is 1. The monoisotopic (exact) mass is 662 g/mol. The molecule has 0 amide bonds. The number of rotatable bonds is 7. The third-order valence-electron chi connectivity index (χ3n) is 6.99. The van der Waals surface area contributed by atoms with Crippen LogP contribution in [0, 0.1) is 11.3 Å². The van der Waals surface area contributed by atoms with E-state index in [2.05, 4.69) is 6.07 Å². The number of esters is 1. The standard InChI is InChI=1S/C33H21Cl3N2O5S/c1-40-26-11-18(7-10-24(26)41-16-17-5-3-2-4-6-17)28-21-9-8-20(14-25(21)43-32(38)22(28)15-37)42-33(39)31-30(36)29-23(35)12-19(34)13-27(29)44-31/h2-14,28H,16,38H2,1H3. The molecule has 1 unspecified atom stereocenters. The molecule has 0 aliphatic carbocycles. The molecule has 0 fully saturated rings. The van der Waals surface area contributed by atoms with Gasteiger partial charge in [-0.15, -0.1) is 11.3 Å². The van der Waals surface area contributed by atoms with Crippen molar-refractivity contribution >= 4 is 62.2 Å². The fourth-order valence-corrected chi connectivity index (χ4v) is 7.20. The van der Waals surface area contributed by atoms with Gasteiger partial charge in [0.1, 0.15) is 34.6 Å². The van der Waals surface area contributed by atoms with Gasteiger partial charge in [-0.1, -0.05) is 77.3 Å². The number of ether oxygens (including phenoxy) is 4. The van der Waals surface area contributed by atoms with Gasteiger partial charge in [-0.25, -0.2) is 4.79 Å². The predicted molar refractivity (Wildman–Crippen MR) is 171 cm³/mol. The number of carbonyl (C=O) groups excluding carboxylic acids is 1. The number of benzene rings is 4. The Morgan fingerprint density at radius 3 is 2.57 bits per heavy atom. The molecule has 0 radical (unpaired) electrons. The van der Waals surface area contributed by atoms with Crippen LogP contribution in [0.25, 0.3) is 10.1 Å². The first-order chi connectivity index (χ1) is 21.3. The molecule has 11 heteroatoms. The van der Waals surface area contributed by atoms with Crippen LogP contribution in [0.4, 0.5) is 0 Å². The molecular formula is C33H21Cl3N2O5S. The Morgan fingerprint density at radius 2 is 1.82 bits per heavy atom. The van der Waals surface area contributed by atoms with Crippen LogP contribution in [0.15, 0.2) is 90.3 Å². The number of allylic oxidation sites excluding steroid dienone is 1. The molecule has 7 nitrogen and oxygen atoms in total. The maximum absolute atomic E-state index is 13.1. The van der Waals surface area contributed by atoms with E-state index in [1.165, 1.54) is 0 Å². The van der Waals surface area contributed by atoms with Crippen molar-refractivity contribution in [3.8, 4) is 29.1 Å². The summed E-state index contributed by atoms with van der Waals surface area (Å²) in [6.45, 7) is 0.363. The smallest absolute Gasteiger partial charge is 0.355 e. The third-order valence-corrected chi connectivity index (χ3v) is 9.12. The minimum Gasteiger partial charge on any atom is -0.493 e. The normalized spacial score (nSPS) is 14.0. The lowest BCUT2D eigenvalue weighted by atomic mass is 9.83. The van der Waals surface area contributed by atoms with Crippen molar-refractivity contribution in [2.75, 3.05) is 7.11 Å². The van der Waals surface area contributed by atoms with E-state index in [0.717, 1.165) is 22.5 Å². The summed E-state index contributed by atoms with van der Waals surface area (Å²) in [6, 6.07) is 25.5. The number of methoxy groups -OCH3 is 1. The number of halogens is 3. The van der Waals surface area contributed by atoms with E-state index in [1.54, 1.807) is 49.6 Å². The second kappa shape index (κ2) is 12.3. The van der Waals surface area contributed by atoms with Crippen molar-refractivity contribution in [3.05, 3.63) is 127 Å². The molecule has 2 N–H and O–H groups in total. The minimum absolute atomic E-state index is 0.0593. The third kappa shape index (κ3) is 5.63. The van der Waals surface area contributed by atoms with Gasteiger partial charge >= 0.3 is 5.97 Å². The van der Waals surface area contributed by atoms with Crippen molar-refractivity contribution in [1.29, 1.82) is 5.26 Å². The van der Waals surface area contributed by atoms with E-state index in [1.807, 2.05) is 36.4 Å². The highest BCUT2D eigenvalue weighted by atomic mass is 35.5. The zero-order chi connectivity index (χ0) is 31.0. The lowest BCUT2D eigenvalue weighted by Gasteiger charge is -2.27. The molecule has 0 saturated carbocycles. The Hall–Kier alpha value is -4.39. The zero-order valence-corrected chi connectivity index (χ0v) is 26.0. The Morgan fingerprint density at radius 1 is 1.02 bits per heavy atom. The van der Waals surface area contributed by atoms with E-state index in [4.69, 9.17) is 59.5 Å². The van der Waals surface area contributed by atoms with Crippen LogP contribution in [0.3, 0.4) is 0 Å². The molecule has 4 aromatic carbocycles. The van der Waals surface area contributed by atoms with Crippen LogP contribution in [0.2, 0.25) is 15.1 Å². The topological polar surface area (TPSA) is 104 Å². The highest BCUT2D eigenvalue weighted by Crippen LogP contribution is 2.46. The number of carbonyl (C=O) groups is 1. The van der Waals surface area contributed by atoms with Gasteiger partial charge in [0.15, 0.2) is 11.5 Å². The van der Waals surface area contributed by atoms with Gasteiger partial charge in [-0.2, -0.15) is 5.26 Å². The molecule has 44 heavy (non-hydrogen) atoms. The molecule has 6 rings (SSSR count). The summed E-state index contributed by atoms with van der Waals surface area (Å²) < 4.78 is 23.8. The summed E-state index contributed by atoms with van der Waals surface area (Å²) in [4.78, 5) is 13.3.